The summed E-state index contributed by atoms with van der Waals surface area (Å²) in [6.45, 7) is 1.62. The Morgan fingerprint density at radius 2 is 2.47 bits per heavy atom. The Morgan fingerprint density at radius 1 is 1.65 bits per heavy atom. The fourth-order valence-corrected chi connectivity index (χ4v) is 2.11. The van der Waals surface area contributed by atoms with Crippen LogP contribution in [0.15, 0.2) is 12.4 Å². The van der Waals surface area contributed by atoms with Crippen molar-refractivity contribution < 1.29 is 9.90 Å². The second-order valence-electron chi connectivity index (χ2n) is 4.21. The van der Waals surface area contributed by atoms with Crippen molar-refractivity contribution in [3.8, 4) is 0 Å². The maximum Gasteiger partial charge on any atom is 0.303 e. The van der Waals surface area contributed by atoms with Crippen LogP contribution in [-0.4, -0.2) is 41.2 Å². The number of rotatable bonds is 4. The molecule has 1 aliphatic rings. The lowest BCUT2D eigenvalue weighted by Crippen LogP contribution is -2.21. The van der Waals surface area contributed by atoms with Gasteiger partial charge in [-0.2, -0.15) is 0 Å². The molecule has 2 N–H and O–H groups in total. The Kier molecular flexibility index (Phi) is 3.41. The molecular weight excluding hydrogens is 220 g/mol. The molecule has 0 aromatic carbocycles. The molecule has 2 rings (SSSR count). The van der Waals surface area contributed by atoms with Gasteiger partial charge in [-0.15, -0.1) is 0 Å². The third-order valence-corrected chi connectivity index (χ3v) is 2.98. The van der Waals surface area contributed by atoms with Crippen LogP contribution >= 0.6 is 0 Å². The van der Waals surface area contributed by atoms with Gasteiger partial charge in [-0.1, -0.05) is 0 Å². The SMILES string of the molecule is CNc1cc(N2CCC(CC(=O)O)C2)ncn1. The lowest BCUT2D eigenvalue weighted by atomic mass is 10.1. The lowest BCUT2D eigenvalue weighted by Gasteiger charge is -2.17. The first kappa shape index (κ1) is 11.6. The zero-order valence-corrected chi connectivity index (χ0v) is 9.76. The van der Waals surface area contributed by atoms with E-state index < -0.39 is 5.97 Å². The van der Waals surface area contributed by atoms with Gasteiger partial charge in [0.1, 0.15) is 18.0 Å². The van der Waals surface area contributed by atoms with E-state index in [1.807, 2.05) is 13.1 Å². The molecule has 92 valence electrons. The summed E-state index contributed by atoms with van der Waals surface area (Å²) in [5, 5.41) is 11.7. The number of aromatic nitrogens is 2. The zero-order valence-electron chi connectivity index (χ0n) is 9.76. The quantitative estimate of drug-likeness (QED) is 0.805. The predicted molar refractivity (Wildman–Crippen MR) is 64.2 cm³/mol. The van der Waals surface area contributed by atoms with Gasteiger partial charge in [0.2, 0.25) is 0 Å². The van der Waals surface area contributed by atoms with Crippen LogP contribution in [0.4, 0.5) is 11.6 Å². The zero-order chi connectivity index (χ0) is 12.3. The third kappa shape index (κ3) is 2.83. The first-order valence-electron chi connectivity index (χ1n) is 5.65. The Morgan fingerprint density at radius 3 is 3.18 bits per heavy atom. The molecule has 0 aliphatic carbocycles. The number of nitrogens with zero attached hydrogens (tertiary/aromatic N) is 3. The molecule has 1 aliphatic heterocycles. The molecule has 1 fully saturated rings. The average molecular weight is 236 g/mol. The molecule has 6 heteroatoms. The maximum atomic E-state index is 10.6. The van der Waals surface area contributed by atoms with E-state index in [1.165, 1.54) is 6.33 Å². The van der Waals surface area contributed by atoms with E-state index in [0.29, 0.717) is 0 Å². The molecule has 17 heavy (non-hydrogen) atoms. The highest BCUT2D eigenvalue weighted by Crippen LogP contribution is 2.24. The molecule has 6 nitrogen and oxygen atoms in total. The van der Waals surface area contributed by atoms with Gasteiger partial charge < -0.3 is 15.3 Å². The van der Waals surface area contributed by atoms with Crippen molar-refractivity contribution in [3.63, 3.8) is 0 Å². The Balaban J connectivity index is 2.01. The van der Waals surface area contributed by atoms with Crippen LogP contribution in [0.1, 0.15) is 12.8 Å². The number of aliphatic carboxylic acids is 1. The summed E-state index contributed by atoms with van der Waals surface area (Å²) in [5.41, 5.74) is 0. The van der Waals surface area contributed by atoms with Gasteiger partial charge in [0.15, 0.2) is 0 Å². The van der Waals surface area contributed by atoms with Gasteiger partial charge >= 0.3 is 5.97 Å². The van der Waals surface area contributed by atoms with Crippen LogP contribution in [-0.2, 0) is 4.79 Å². The van der Waals surface area contributed by atoms with Gasteiger partial charge in [0.05, 0.1) is 0 Å². The fraction of sp³-hybridized carbons (Fsp3) is 0.545. The molecule has 1 aromatic rings. The smallest absolute Gasteiger partial charge is 0.303 e. The van der Waals surface area contributed by atoms with Crippen LogP contribution in [0.2, 0.25) is 0 Å². The number of hydrogen-bond donors (Lipinski definition) is 2. The van der Waals surface area contributed by atoms with Crippen molar-refractivity contribution in [3.05, 3.63) is 12.4 Å². The molecule has 0 saturated carbocycles. The number of carboxylic acids is 1. The Bertz CT molecular complexity index is 410. The van der Waals surface area contributed by atoms with E-state index in [2.05, 4.69) is 20.2 Å². The minimum atomic E-state index is -0.726. The Hall–Kier alpha value is -1.85. The molecule has 1 atom stereocenters. The highest BCUT2D eigenvalue weighted by Gasteiger charge is 2.25. The highest BCUT2D eigenvalue weighted by atomic mass is 16.4. The topological polar surface area (TPSA) is 78.4 Å². The molecule has 1 saturated heterocycles. The van der Waals surface area contributed by atoms with Gasteiger partial charge in [-0.3, -0.25) is 4.79 Å². The molecule has 1 aromatic heterocycles. The van der Waals surface area contributed by atoms with E-state index in [1.54, 1.807) is 0 Å². The fourth-order valence-electron chi connectivity index (χ4n) is 2.11. The number of nitrogens with one attached hydrogen (secondary N) is 1. The maximum absolute atomic E-state index is 10.6. The summed E-state index contributed by atoms with van der Waals surface area (Å²) >= 11 is 0. The van der Waals surface area contributed by atoms with E-state index >= 15 is 0 Å². The minimum absolute atomic E-state index is 0.223. The van der Waals surface area contributed by atoms with Crippen LogP contribution in [0.3, 0.4) is 0 Å². The van der Waals surface area contributed by atoms with Crippen molar-refractivity contribution >= 4 is 17.6 Å². The molecular formula is C11H16N4O2. The number of carboxylic acid groups (broad SMARTS) is 1. The average Bonchev–Trinajstić information content (AvgIpc) is 2.77. The lowest BCUT2D eigenvalue weighted by molar-refractivity contribution is -0.137. The first-order valence-corrected chi connectivity index (χ1v) is 5.65. The van der Waals surface area contributed by atoms with Crippen molar-refractivity contribution in [2.45, 2.75) is 12.8 Å². The third-order valence-electron chi connectivity index (χ3n) is 2.98. The second-order valence-corrected chi connectivity index (χ2v) is 4.21. The van der Waals surface area contributed by atoms with E-state index in [0.717, 1.165) is 31.1 Å². The van der Waals surface area contributed by atoms with Crippen molar-refractivity contribution in [2.24, 2.45) is 5.92 Å². The summed E-state index contributed by atoms with van der Waals surface area (Å²) < 4.78 is 0. The van der Waals surface area contributed by atoms with E-state index in [4.69, 9.17) is 5.11 Å². The number of carbonyl (C=O) groups is 1. The van der Waals surface area contributed by atoms with Gasteiger partial charge in [0, 0.05) is 32.6 Å². The first-order chi connectivity index (χ1) is 8.19. The molecule has 1 unspecified atom stereocenters. The normalized spacial score (nSPS) is 19.4. The largest absolute Gasteiger partial charge is 0.481 e. The molecule has 0 radical (unpaired) electrons. The predicted octanol–water partition coefficient (Wildman–Crippen LogP) is 0.819. The summed E-state index contributed by atoms with van der Waals surface area (Å²) in [4.78, 5) is 21.0. The van der Waals surface area contributed by atoms with Crippen LogP contribution in [0.5, 0.6) is 0 Å². The van der Waals surface area contributed by atoms with Gasteiger partial charge in [-0.05, 0) is 12.3 Å². The standard InChI is InChI=1S/C11H16N4O2/c1-12-9-5-10(14-7-13-9)15-3-2-8(6-15)4-11(16)17/h5,7-8H,2-4,6H2,1H3,(H,16,17)(H,12,13,14). The van der Waals surface area contributed by atoms with E-state index in [9.17, 15) is 4.79 Å². The second kappa shape index (κ2) is 4.99. The molecule has 2 heterocycles. The van der Waals surface area contributed by atoms with Crippen LogP contribution < -0.4 is 10.2 Å². The summed E-state index contributed by atoms with van der Waals surface area (Å²) in [5.74, 6) is 1.13. The molecule has 0 bridgehead atoms. The van der Waals surface area contributed by atoms with Crippen molar-refractivity contribution in [1.29, 1.82) is 0 Å². The van der Waals surface area contributed by atoms with E-state index in [-0.39, 0.29) is 12.3 Å². The van der Waals surface area contributed by atoms with Crippen LogP contribution in [0, 0.1) is 5.92 Å². The number of hydrogen-bond acceptors (Lipinski definition) is 5. The summed E-state index contributed by atoms with van der Waals surface area (Å²) in [7, 11) is 1.81. The van der Waals surface area contributed by atoms with Crippen molar-refractivity contribution in [2.75, 3.05) is 30.4 Å². The highest BCUT2D eigenvalue weighted by molar-refractivity contribution is 5.67. The minimum Gasteiger partial charge on any atom is -0.481 e. The Labute approximate surface area is 99.7 Å². The summed E-state index contributed by atoms with van der Waals surface area (Å²) in [6, 6.07) is 1.88. The molecule has 0 spiro atoms. The summed E-state index contributed by atoms with van der Waals surface area (Å²) in [6.07, 6.45) is 2.66. The molecule has 0 amide bonds. The van der Waals surface area contributed by atoms with Crippen LogP contribution in [0.25, 0.3) is 0 Å². The van der Waals surface area contributed by atoms with Gasteiger partial charge in [0.25, 0.3) is 0 Å². The monoisotopic (exact) mass is 236 g/mol. The van der Waals surface area contributed by atoms with Crippen molar-refractivity contribution in [1.82, 2.24) is 9.97 Å². The van der Waals surface area contributed by atoms with Gasteiger partial charge in [-0.25, -0.2) is 9.97 Å². The number of anilines is 2.